The number of hydrogen-bond acceptors (Lipinski definition) is 3. The highest BCUT2D eigenvalue weighted by molar-refractivity contribution is 5.93. The van der Waals surface area contributed by atoms with Gasteiger partial charge in [-0.2, -0.15) is 0 Å². The van der Waals surface area contributed by atoms with Crippen LogP contribution >= 0.6 is 0 Å². The zero-order valence-corrected chi connectivity index (χ0v) is 14.3. The maximum atomic E-state index is 12.0. The van der Waals surface area contributed by atoms with Gasteiger partial charge >= 0.3 is 0 Å². The molecule has 0 spiro atoms. The molecule has 0 radical (unpaired) electrons. The van der Waals surface area contributed by atoms with Gasteiger partial charge in [0.2, 0.25) is 0 Å². The van der Waals surface area contributed by atoms with E-state index in [2.05, 4.69) is 48.5 Å². The van der Waals surface area contributed by atoms with Crippen molar-refractivity contribution in [2.75, 3.05) is 11.9 Å². The molecule has 4 heteroatoms. The lowest BCUT2D eigenvalue weighted by atomic mass is 9.86. The fourth-order valence-corrected chi connectivity index (χ4v) is 2.36. The van der Waals surface area contributed by atoms with Gasteiger partial charge in [0.25, 0.3) is 5.91 Å². The Hall–Kier alpha value is -2.36. The third-order valence-corrected chi connectivity index (χ3v) is 3.54. The van der Waals surface area contributed by atoms with E-state index >= 15 is 0 Å². The molecule has 0 fully saturated rings. The highest BCUT2D eigenvalue weighted by Crippen LogP contribution is 2.31. The Labute approximate surface area is 138 Å². The molecule has 0 bridgehead atoms. The zero-order chi connectivity index (χ0) is 16.9. The van der Waals surface area contributed by atoms with Crippen molar-refractivity contribution in [3.63, 3.8) is 0 Å². The molecule has 0 aliphatic rings. The number of hydrogen-bond donors (Lipinski definition) is 2. The van der Waals surface area contributed by atoms with Gasteiger partial charge in [-0.25, -0.2) is 0 Å². The number of amides is 1. The van der Waals surface area contributed by atoms with Gasteiger partial charge in [-0.05, 0) is 35.6 Å². The fraction of sp³-hybridized carbons (Fsp3) is 0.368. The van der Waals surface area contributed by atoms with Crippen LogP contribution in [0.2, 0.25) is 0 Å². The molecule has 0 aliphatic heterocycles. The molecule has 0 aliphatic carbocycles. The smallest absolute Gasteiger partial charge is 0.269 e. The molecule has 0 saturated heterocycles. The second-order valence-corrected chi connectivity index (χ2v) is 6.61. The van der Waals surface area contributed by atoms with Crippen molar-refractivity contribution < 1.29 is 4.79 Å². The second kappa shape index (κ2) is 7.27. The molecular formula is C19H25N3O. The van der Waals surface area contributed by atoms with Gasteiger partial charge in [-0.3, -0.25) is 9.78 Å². The van der Waals surface area contributed by atoms with Gasteiger partial charge in [0.05, 0.1) is 0 Å². The number of rotatable bonds is 5. The number of aromatic nitrogens is 1. The van der Waals surface area contributed by atoms with Gasteiger partial charge in [0, 0.05) is 24.1 Å². The molecule has 23 heavy (non-hydrogen) atoms. The molecule has 0 unspecified atom stereocenters. The van der Waals surface area contributed by atoms with E-state index in [1.807, 2.05) is 25.1 Å². The Morgan fingerprint density at radius 3 is 2.61 bits per heavy atom. The van der Waals surface area contributed by atoms with E-state index in [4.69, 9.17) is 0 Å². The summed E-state index contributed by atoms with van der Waals surface area (Å²) in [5, 5.41) is 6.26. The summed E-state index contributed by atoms with van der Waals surface area (Å²) in [6.07, 6.45) is 2.56. The monoisotopic (exact) mass is 311 g/mol. The van der Waals surface area contributed by atoms with Crippen LogP contribution in [0, 0.1) is 0 Å². The first kappa shape index (κ1) is 17.0. The lowest BCUT2D eigenvalue weighted by Crippen LogP contribution is -2.24. The molecule has 1 aromatic carbocycles. The van der Waals surface area contributed by atoms with Crippen LogP contribution in [0.4, 0.5) is 11.4 Å². The molecule has 2 N–H and O–H groups in total. The van der Waals surface area contributed by atoms with Crippen LogP contribution in [0.1, 0.15) is 50.2 Å². The largest absolute Gasteiger partial charge is 0.355 e. The summed E-state index contributed by atoms with van der Waals surface area (Å²) >= 11 is 0. The third-order valence-electron chi connectivity index (χ3n) is 3.54. The minimum Gasteiger partial charge on any atom is -0.355 e. The van der Waals surface area contributed by atoms with Crippen molar-refractivity contribution >= 4 is 17.3 Å². The fourth-order valence-electron chi connectivity index (χ4n) is 2.36. The summed E-state index contributed by atoms with van der Waals surface area (Å²) in [5.41, 5.74) is 3.60. The van der Waals surface area contributed by atoms with Crippen LogP contribution < -0.4 is 10.6 Å². The molecule has 0 saturated carbocycles. The molecule has 2 rings (SSSR count). The first-order valence-corrected chi connectivity index (χ1v) is 8.02. The van der Waals surface area contributed by atoms with Gasteiger partial charge in [0.15, 0.2) is 0 Å². The molecule has 2 aromatic rings. The van der Waals surface area contributed by atoms with Gasteiger partial charge in [-0.15, -0.1) is 0 Å². The van der Waals surface area contributed by atoms with Crippen molar-refractivity contribution in [1.82, 2.24) is 10.3 Å². The number of pyridine rings is 1. The van der Waals surface area contributed by atoms with Crippen LogP contribution in [0.5, 0.6) is 0 Å². The number of carbonyl (C=O) groups is 1. The van der Waals surface area contributed by atoms with E-state index in [0.717, 1.165) is 17.8 Å². The Bertz CT molecular complexity index is 674. The predicted octanol–water partition coefficient (Wildman–Crippen LogP) is 4.26. The van der Waals surface area contributed by atoms with Crippen LogP contribution in [0.15, 0.2) is 42.6 Å². The number of nitrogens with zero attached hydrogens (tertiary/aromatic N) is 1. The summed E-state index contributed by atoms with van der Waals surface area (Å²) in [4.78, 5) is 16.2. The number of carbonyl (C=O) groups excluding carboxylic acids is 1. The quantitative estimate of drug-likeness (QED) is 0.867. The van der Waals surface area contributed by atoms with Crippen molar-refractivity contribution in [2.24, 2.45) is 0 Å². The minimum atomic E-state index is -0.139. The SMILES string of the molecule is CCCNC(=O)c1cc(Nc2ccccc2C(C)(C)C)ccn1. The van der Waals surface area contributed by atoms with Crippen LogP contribution in [0.25, 0.3) is 0 Å². The van der Waals surface area contributed by atoms with E-state index in [1.165, 1.54) is 5.56 Å². The van der Waals surface area contributed by atoms with E-state index in [9.17, 15) is 4.79 Å². The maximum absolute atomic E-state index is 12.0. The lowest BCUT2D eigenvalue weighted by molar-refractivity contribution is 0.0948. The molecule has 1 aromatic heterocycles. The van der Waals surface area contributed by atoms with E-state index < -0.39 is 0 Å². The van der Waals surface area contributed by atoms with Crippen molar-refractivity contribution in [1.29, 1.82) is 0 Å². The van der Waals surface area contributed by atoms with Crippen LogP contribution in [-0.4, -0.2) is 17.4 Å². The highest BCUT2D eigenvalue weighted by atomic mass is 16.1. The molecule has 4 nitrogen and oxygen atoms in total. The molecule has 1 amide bonds. The molecule has 0 atom stereocenters. The number of anilines is 2. The lowest BCUT2D eigenvalue weighted by Gasteiger charge is -2.23. The minimum absolute atomic E-state index is 0.0396. The van der Waals surface area contributed by atoms with Gasteiger partial charge < -0.3 is 10.6 Å². The molecule has 122 valence electrons. The molecule has 1 heterocycles. The summed E-state index contributed by atoms with van der Waals surface area (Å²) in [5.74, 6) is -0.139. The highest BCUT2D eigenvalue weighted by Gasteiger charge is 2.17. The number of para-hydroxylation sites is 1. The first-order chi connectivity index (χ1) is 10.9. The number of nitrogens with one attached hydrogen (secondary N) is 2. The van der Waals surface area contributed by atoms with Crippen LogP contribution in [0.3, 0.4) is 0 Å². The van der Waals surface area contributed by atoms with E-state index in [0.29, 0.717) is 12.2 Å². The first-order valence-electron chi connectivity index (χ1n) is 8.02. The van der Waals surface area contributed by atoms with Gasteiger partial charge in [-0.1, -0.05) is 45.9 Å². The van der Waals surface area contributed by atoms with Crippen molar-refractivity contribution in [3.8, 4) is 0 Å². The average Bonchev–Trinajstić information content (AvgIpc) is 2.52. The Morgan fingerprint density at radius 2 is 1.91 bits per heavy atom. The maximum Gasteiger partial charge on any atom is 0.269 e. The third kappa shape index (κ3) is 4.55. The average molecular weight is 311 g/mol. The standard InChI is InChI=1S/C19H25N3O/c1-5-11-21-18(23)17-13-14(10-12-20-17)22-16-9-7-6-8-15(16)19(2,3)4/h6-10,12-13H,5,11H2,1-4H3,(H,20,22)(H,21,23). The van der Waals surface area contributed by atoms with Crippen LogP contribution in [-0.2, 0) is 5.41 Å². The second-order valence-electron chi connectivity index (χ2n) is 6.61. The summed E-state index contributed by atoms with van der Waals surface area (Å²) in [6.45, 7) is 9.23. The Kier molecular flexibility index (Phi) is 5.37. The Balaban J connectivity index is 2.23. The zero-order valence-electron chi connectivity index (χ0n) is 14.3. The summed E-state index contributed by atoms with van der Waals surface area (Å²) < 4.78 is 0. The summed E-state index contributed by atoms with van der Waals surface area (Å²) in [6, 6.07) is 11.9. The predicted molar refractivity (Wildman–Crippen MR) is 95.3 cm³/mol. The van der Waals surface area contributed by atoms with E-state index in [1.54, 1.807) is 12.3 Å². The van der Waals surface area contributed by atoms with Gasteiger partial charge in [0.1, 0.15) is 5.69 Å². The normalized spacial score (nSPS) is 11.1. The van der Waals surface area contributed by atoms with Crippen molar-refractivity contribution in [2.45, 2.75) is 39.5 Å². The number of benzene rings is 1. The topological polar surface area (TPSA) is 54.0 Å². The molecular weight excluding hydrogens is 286 g/mol. The summed E-state index contributed by atoms with van der Waals surface area (Å²) in [7, 11) is 0. The van der Waals surface area contributed by atoms with Crippen molar-refractivity contribution in [3.05, 3.63) is 53.9 Å². The van der Waals surface area contributed by atoms with E-state index in [-0.39, 0.29) is 11.3 Å². The Morgan fingerprint density at radius 1 is 1.17 bits per heavy atom.